The van der Waals surface area contributed by atoms with Gasteiger partial charge < -0.3 is 20.5 Å². The van der Waals surface area contributed by atoms with Crippen LogP contribution in [0.3, 0.4) is 0 Å². The van der Waals surface area contributed by atoms with Crippen molar-refractivity contribution in [3.8, 4) is 11.5 Å². The summed E-state index contributed by atoms with van der Waals surface area (Å²) in [6.45, 7) is 1.22. The van der Waals surface area contributed by atoms with Gasteiger partial charge in [0.15, 0.2) is 11.5 Å². The van der Waals surface area contributed by atoms with Crippen LogP contribution in [0.4, 0.5) is 0 Å². The Morgan fingerprint density at radius 2 is 2.00 bits per heavy atom. The van der Waals surface area contributed by atoms with Gasteiger partial charge in [0.2, 0.25) is 0 Å². The molecule has 4 heteroatoms. The number of hydrogen-bond donors (Lipinski definition) is 2. The van der Waals surface area contributed by atoms with Crippen molar-refractivity contribution in [3.05, 3.63) is 23.8 Å². The van der Waals surface area contributed by atoms with E-state index in [-0.39, 0.29) is 6.17 Å². The van der Waals surface area contributed by atoms with Crippen molar-refractivity contribution < 1.29 is 9.47 Å². The lowest BCUT2D eigenvalue weighted by atomic mass is 10.1. The van der Waals surface area contributed by atoms with E-state index < -0.39 is 0 Å². The van der Waals surface area contributed by atoms with Gasteiger partial charge in [0, 0.05) is 0 Å². The van der Waals surface area contributed by atoms with Crippen molar-refractivity contribution in [2.75, 3.05) is 20.3 Å². The largest absolute Gasteiger partial charge is 0.486 e. The number of hydrogen-bond acceptors (Lipinski definition) is 4. The summed E-state index contributed by atoms with van der Waals surface area (Å²) in [5.41, 5.74) is 6.82. The predicted octanol–water partition coefficient (Wildman–Crippen LogP) is 0.634. The molecule has 1 aromatic rings. The second kappa shape index (κ2) is 3.86. The minimum atomic E-state index is -0.161. The quantitative estimate of drug-likeness (QED) is 0.678. The maximum Gasteiger partial charge on any atom is 0.161 e. The summed E-state index contributed by atoms with van der Waals surface area (Å²) in [6, 6.07) is 5.74. The van der Waals surface area contributed by atoms with Crippen LogP contribution in [0.25, 0.3) is 0 Å². The molecule has 0 fully saturated rings. The van der Waals surface area contributed by atoms with Gasteiger partial charge in [-0.3, -0.25) is 0 Å². The van der Waals surface area contributed by atoms with Crippen molar-refractivity contribution in [2.45, 2.75) is 6.17 Å². The molecule has 1 heterocycles. The van der Waals surface area contributed by atoms with Crippen molar-refractivity contribution in [2.24, 2.45) is 5.73 Å². The summed E-state index contributed by atoms with van der Waals surface area (Å²) in [5.74, 6) is 1.57. The molecule has 1 aliphatic rings. The van der Waals surface area contributed by atoms with Gasteiger partial charge in [0.1, 0.15) is 13.2 Å². The summed E-state index contributed by atoms with van der Waals surface area (Å²) in [4.78, 5) is 0. The Labute approximate surface area is 83.0 Å². The highest BCUT2D eigenvalue weighted by atomic mass is 16.6. The first-order chi connectivity index (χ1) is 6.81. The number of benzene rings is 1. The van der Waals surface area contributed by atoms with Crippen molar-refractivity contribution in [1.82, 2.24) is 5.32 Å². The number of ether oxygens (including phenoxy) is 2. The van der Waals surface area contributed by atoms with E-state index in [1.807, 2.05) is 25.2 Å². The fraction of sp³-hybridized carbons (Fsp3) is 0.400. The standard InChI is InChI=1S/C10H14N2O2/c1-12-10(11)7-2-3-8-9(6-7)14-5-4-13-8/h2-3,6,10,12H,4-5,11H2,1H3. The Balaban J connectivity index is 2.29. The molecule has 0 aromatic heterocycles. The van der Waals surface area contributed by atoms with Crippen LogP contribution in [0.2, 0.25) is 0 Å². The van der Waals surface area contributed by atoms with E-state index in [1.165, 1.54) is 0 Å². The van der Waals surface area contributed by atoms with E-state index in [2.05, 4.69) is 5.32 Å². The molecule has 1 aliphatic heterocycles. The Hall–Kier alpha value is -1.26. The molecule has 0 saturated carbocycles. The molecule has 0 bridgehead atoms. The van der Waals surface area contributed by atoms with Gasteiger partial charge in [-0.05, 0) is 24.7 Å². The number of rotatable bonds is 2. The summed E-state index contributed by atoms with van der Waals surface area (Å²) < 4.78 is 10.9. The smallest absolute Gasteiger partial charge is 0.161 e. The minimum Gasteiger partial charge on any atom is -0.486 e. The third-order valence-electron chi connectivity index (χ3n) is 2.24. The number of nitrogens with one attached hydrogen (secondary N) is 1. The van der Waals surface area contributed by atoms with Crippen molar-refractivity contribution in [1.29, 1.82) is 0 Å². The Morgan fingerprint density at radius 3 is 2.71 bits per heavy atom. The highest BCUT2D eigenvalue weighted by Gasteiger charge is 2.13. The van der Waals surface area contributed by atoms with E-state index in [1.54, 1.807) is 0 Å². The van der Waals surface area contributed by atoms with Gasteiger partial charge in [-0.25, -0.2) is 0 Å². The first-order valence-corrected chi connectivity index (χ1v) is 4.63. The minimum absolute atomic E-state index is 0.161. The average Bonchev–Trinajstić information content (AvgIpc) is 2.27. The van der Waals surface area contributed by atoms with Gasteiger partial charge in [0.25, 0.3) is 0 Å². The van der Waals surface area contributed by atoms with Gasteiger partial charge >= 0.3 is 0 Å². The number of nitrogens with two attached hydrogens (primary N) is 1. The maximum atomic E-state index is 5.82. The third kappa shape index (κ3) is 1.66. The SMILES string of the molecule is CNC(N)c1ccc2c(c1)OCCO2. The molecule has 1 atom stereocenters. The van der Waals surface area contributed by atoms with Crippen LogP contribution in [0, 0.1) is 0 Å². The molecule has 0 spiro atoms. The normalized spacial score (nSPS) is 16.4. The van der Waals surface area contributed by atoms with Crippen LogP contribution in [0.5, 0.6) is 11.5 Å². The average molecular weight is 194 g/mol. The fourth-order valence-electron chi connectivity index (χ4n) is 1.42. The summed E-state index contributed by atoms with van der Waals surface area (Å²) in [6.07, 6.45) is -0.161. The summed E-state index contributed by atoms with van der Waals surface area (Å²) >= 11 is 0. The van der Waals surface area contributed by atoms with E-state index >= 15 is 0 Å². The van der Waals surface area contributed by atoms with Gasteiger partial charge in [0.05, 0.1) is 6.17 Å². The van der Waals surface area contributed by atoms with Crippen LogP contribution in [-0.2, 0) is 0 Å². The summed E-state index contributed by atoms with van der Waals surface area (Å²) in [5, 5.41) is 2.97. The van der Waals surface area contributed by atoms with Gasteiger partial charge in [-0.1, -0.05) is 6.07 Å². The third-order valence-corrected chi connectivity index (χ3v) is 2.24. The highest BCUT2D eigenvalue weighted by Crippen LogP contribution is 2.31. The molecule has 0 saturated heterocycles. The molecule has 0 aliphatic carbocycles. The summed E-state index contributed by atoms with van der Waals surface area (Å²) in [7, 11) is 1.82. The lowest BCUT2D eigenvalue weighted by molar-refractivity contribution is 0.171. The molecular weight excluding hydrogens is 180 g/mol. The zero-order chi connectivity index (χ0) is 9.97. The number of fused-ring (bicyclic) bond motifs is 1. The zero-order valence-corrected chi connectivity index (χ0v) is 8.12. The predicted molar refractivity (Wildman–Crippen MR) is 53.4 cm³/mol. The first kappa shape index (κ1) is 9.30. The molecule has 1 aromatic carbocycles. The van der Waals surface area contributed by atoms with Gasteiger partial charge in [-0.15, -0.1) is 0 Å². The van der Waals surface area contributed by atoms with Crippen LogP contribution >= 0.6 is 0 Å². The molecule has 3 N–H and O–H groups in total. The Bertz CT molecular complexity index is 328. The molecule has 0 radical (unpaired) electrons. The zero-order valence-electron chi connectivity index (χ0n) is 8.12. The van der Waals surface area contributed by atoms with E-state index in [4.69, 9.17) is 15.2 Å². The molecule has 1 unspecified atom stereocenters. The van der Waals surface area contributed by atoms with E-state index in [0.29, 0.717) is 13.2 Å². The Kier molecular flexibility index (Phi) is 2.56. The Morgan fingerprint density at radius 1 is 1.29 bits per heavy atom. The van der Waals surface area contributed by atoms with Crippen LogP contribution in [0.15, 0.2) is 18.2 Å². The van der Waals surface area contributed by atoms with Crippen LogP contribution < -0.4 is 20.5 Å². The van der Waals surface area contributed by atoms with Crippen molar-refractivity contribution >= 4 is 0 Å². The monoisotopic (exact) mass is 194 g/mol. The van der Waals surface area contributed by atoms with Gasteiger partial charge in [-0.2, -0.15) is 0 Å². The topological polar surface area (TPSA) is 56.5 Å². The van der Waals surface area contributed by atoms with Crippen LogP contribution in [0.1, 0.15) is 11.7 Å². The molecule has 4 nitrogen and oxygen atoms in total. The second-order valence-electron chi connectivity index (χ2n) is 3.17. The molecule has 14 heavy (non-hydrogen) atoms. The molecule has 0 amide bonds. The van der Waals surface area contributed by atoms with E-state index in [9.17, 15) is 0 Å². The van der Waals surface area contributed by atoms with Crippen LogP contribution in [-0.4, -0.2) is 20.3 Å². The first-order valence-electron chi connectivity index (χ1n) is 4.63. The maximum absolute atomic E-state index is 5.82. The molecule has 76 valence electrons. The van der Waals surface area contributed by atoms with Crippen molar-refractivity contribution in [3.63, 3.8) is 0 Å². The van der Waals surface area contributed by atoms with E-state index in [0.717, 1.165) is 17.1 Å². The fourth-order valence-corrected chi connectivity index (χ4v) is 1.42. The molecule has 2 rings (SSSR count). The lowest BCUT2D eigenvalue weighted by Gasteiger charge is -2.20. The molecular formula is C10H14N2O2. The highest BCUT2D eigenvalue weighted by molar-refractivity contribution is 5.44. The lowest BCUT2D eigenvalue weighted by Crippen LogP contribution is -2.25. The second-order valence-corrected chi connectivity index (χ2v) is 3.17.